The summed E-state index contributed by atoms with van der Waals surface area (Å²) in [7, 11) is 1.64. The lowest BCUT2D eigenvalue weighted by Crippen LogP contribution is -2.33. The van der Waals surface area contributed by atoms with Gasteiger partial charge in [0.05, 0.1) is 24.5 Å². The van der Waals surface area contributed by atoms with Crippen LogP contribution in [0.3, 0.4) is 0 Å². The van der Waals surface area contributed by atoms with Crippen molar-refractivity contribution >= 4 is 0 Å². The van der Waals surface area contributed by atoms with Crippen LogP contribution in [-0.2, 0) is 5.54 Å². The molecule has 1 aromatic rings. The van der Waals surface area contributed by atoms with Crippen LogP contribution in [0.2, 0.25) is 0 Å². The lowest BCUT2D eigenvalue weighted by molar-refractivity contribution is 0.407. The molecule has 1 heterocycles. The van der Waals surface area contributed by atoms with Crippen molar-refractivity contribution in [2.45, 2.75) is 31.2 Å². The van der Waals surface area contributed by atoms with Crippen LogP contribution in [0, 0.1) is 0 Å². The second-order valence-electron chi connectivity index (χ2n) is 3.95. The first kappa shape index (κ1) is 9.46. The highest BCUT2D eigenvalue weighted by Crippen LogP contribution is 2.35. The van der Waals surface area contributed by atoms with Crippen LogP contribution in [0.25, 0.3) is 0 Å². The number of nitrogens with zero attached hydrogens (tertiary/aromatic N) is 1. The lowest BCUT2D eigenvalue weighted by Gasteiger charge is -2.22. The van der Waals surface area contributed by atoms with Crippen LogP contribution in [0.4, 0.5) is 0 Å². The summed E-state index contributed by atoms with van der Waals surface area (Å²) in [6, 6.07) is 3.90. The molecule has 1 aliphatic carbocycles. The molecule has 0 aromatic carbocycles. The highest BCUT2D eigenvalue weighted by Gasteiger charge is 2.32. The van der Waals surface area contributed by atoms with E-state index >= 15 is 0 Å². The fraction of sp³-hybridized carbons (Fsp3) is 0.545. The molecular weight excluding hydrogens is 176 g/mol. The van der Waals surface area contributed by atoms with Crippen molar-refractivity contribution in [1.82, 2.24) is 4.98 Å². The maximum absolute atomic E-state index is 6.27. The van der Waals surface area contributed by atoms with Crippen LogP contribution in [0.15, 0.2) is 18.3 Å². The summed E-state index contributed by atoms with van der Waals surface area (Å²) < 4.78 is 5.06. The number of hydrogen-bond acceptors (Lipinski definition) is 3. The second-order valence-corrected chi connectivity index (χ2v) is 3.95. The van der Waals surface area contributed by atoms with Gasteiger partial charge in [0, 0.05) is 0 Å². The Morgan fingerprint density at radius 1 is 1.36 bits per heavy atom. The molecule has 0 amide bonds. The first-order valence-corrected chi connectivity index (χ1v) is 5.04. The molecule has 76 valence electrons. The molecule has 0 spiro atoms. The van der Waals surface area contributed by atoms with Gasteiger partial charge in [-0.15, -0.1) is 0 Å². The van der Waals surface area contributed by atoms with Gasteiger partial charge in [-0.1, -0.05) is 12.8 Å². The van der Waals surface area contributed by atoms with Gasteiger partial charge in [0.1, 0.15) is 5.75 Å². The Balaban J connectivity index is 2.23. The standard InChI is InChI=1S/C11H16N2O/c1-14-9-4-5-10(13-8-9)11(12)6-2-3-7-11/h4-5,8H,2-3,6-7,12H2,1H3. The monoisotopic (exact) mass is 192 g/mol. The highest BCUT2D eigenvalue weighted by atomic mass is 16.5. The van der Waals surface area contributed by atoms with Crippen LogP contribution < -0.4 is 10.5 Å². The van der Waals surface area contributed by atoms with E-state index in [2.05, 4.69) is 4.98 Å². The van der Waals surface area contributed by atoms with Gasteiger partial charge in [0.2, 0.25) is 0 Å². The van der Waals surface area contributed by atoms with Crippen molar-refractivity contribution in [2.75, 3.05) is 7.11 Å². The third-order valence-electron chi connectivity index (χ3n) is 2.98. The van der Waals surface area contributed by atoms with Crippen LogP contribution >= 0.6 is 0 Å². The second kappa shape index (κ2) is 3.58. The van der Waals surface area contributed by atoms with Crippen molar-refractivity contribution in [3.8, 4) is 5.75 Å². The van der Waals surface area contributed by atoms with Gasteiger partial charge in [-0.25, -0.2) is 0 Å². The minimum atomic E-state index is -0.188. The summed E-state index contributed by atoms with van der Waals surface area (Å²) in [6.07, 6.45) is 6.26. The highest BCUT2D eigenvalue weighted by molar-refractivity contribution is 5.24. The van der Waals surface area contributed by atoms with Crippen LogP contribution in [0.1, 0.15) is 31.4 Å². The molecule has 1 saturated carbocycles. The topological polar surface area (TPSA) is 48.1 Å². The van der Waals surface area contributed by atoms with Crippen molar-refractivity contribution in [1.29, 1.82) is 0 Å². The van der Waals surface area contributed by atoms with Crippen LogP contribution in [-0.4, -0.2) is 12.1 Å². The van der Waals surface area contributed by atoms with Crippen molar-refractivity contribution < 1.29 is 4.74 Å². The molecule has 1 aliphatic rings. The molecule has 2 rings (SSSR count). The largest absolute Gasteiger partial charge is 0.495 e. The van der Waals surface area contributed by atoms with E-state index in [4.69, 9.17) is 10.5 Å². The zero-order valence-electron chi connectivity index (χ0n) is 8.49. The summed E-state index contributed by atoms with van der Waals surface area (Å²) in [5.74, 6) is 0.787. The Morgan fingerprint density at radius 2 is 2.07 bits per heavy atom. The fourth-order valence-corrected chi connectivity index (χ4v) is 2.06. The maximum Gasteiger partial charge on any atom is 0.137 e. The number of pyridine rings is 1. The molecule has 1 aromatic heterocycles. The van der Waals surface area contributed by atoms with Gasteiger partial charge < -0.3 is 10.5 Å². The number of nitrogens with two attached hydrogens (primary N) is 1. The van der Waals surface area contributed by atoms with E-state index < -0.39 is 0 Å². The van der Waals surface area contributed by atoms with E-state index in [1.807, 2.05) is 12.1 Å². The van der Waals surface area contributed by atoms with E-state index in [-0.39, 0.29) is 5.54 Å². The van der Waals surface area contributed by atoms with Gasteiger partial charge in [-0.05, 0) is 25.0 Å². The zero-order chi connectivity index (χ0) is 10.0. The lowest BCUT2D eigenvalue weighted by atomic mass is 9.94. The van der Waals surface area contributed by atoms with E-state index in [9.17, 15) is 0 Å². The molecule has 2 N–H and O–H groups in total. The summed E-state index contributed by atoms with van der Waals surface area (Å²) in [6.45, 7) is 0. The summed E-state index contributed by atoms with van der Waals surface area (Å²) in [4.78, 5) is 4.35. The fourth-order valence-electron chi connectivity index (χ4n) is 2.06. The van der Waals surface area contributed by atoms with E-state index in [1.54, 1.807) is 13.3 Å². The normalized spacial score (nSPS) is 19.6. The minimum absolute atomic E-state index is 0.188. The average molecular weight is 192 g/mol. The molecule has 1 fully saturated rings. The van der Waals surface area contributed by atoms with Gasteiger partial charge in [-0.2, -0.15) is 0 Å². The maximum atomic E-state index is 6.27. The Labute approximate surface area is 84.3 Å². The first-order valence-electron chi connectivity index (χ1n) is 5.04. The van der Waals surface area contributed by atoms with Gasteiger partial charge >= 0.3 is 0 Å². The molecule has 0 aliphatic heterocycles. The molecular formula is C11H16N2O. The predicted octanol–water partition coefficient (Wildman–Crippen LogP) is 1.82. The van der Waals surface area contributed by atoms with E-state index in [1.165, 1.54) is 12.8 Å². The molecule has 0 saturated heterocycles. The van der Waals surface area contributed by atoms with E-state index in [0.29, 0.717) is 0 Å². The molecule has 0 unspecified atom stereocenters. The quantitative estimate of drug-likeness (QED) is 0.777. The van der Waals surface area contributed by atoms with Crippen molar-refractivity contribution in [2.24, 2.45) is 5.73 Å². The van der Waals surface area contributed by atoms with Crippen molar-refractivity contribution in [3.63, 3.8) is 0 Å². The Morgan fingerprint density at radius 3 is 2.57 bits per heavy atom. The summed E-state index contributed by atoms with van der Waals surface area (Å²) in [5, 5.41) is 0. The zero-order valence-corrected chi connectivity index (χ0v) is 8.49. The molecule has 3 heteroatoms. The third-order valence-corrected chi connectivity index (χ3v) is 2.98. The smallest absolute Gasteiger partial charge is 0.137 e. The van der Waals surface area contributed by atoms with Gasteiger partial charge in [0.15, 0.2) is 0 Å². The molecule has 0 atom stereocenters. The Hall–Kier alpha value is -1.09. The predicted molar refractivity (Wildman–Crippen MR) is 55.1 cm³/mol. The number of aromatic nitrogens is 1. The summed E-state index contributed by atoms with van der Waals surface area (Å²) >= 11 is 0. The van der Waals surface area contributed by atoms with Crippen LogP contribution in [0.5, 0.6) is 5.75 Å². The average Bonchev–Trinajstić information content (AvgIpc) is 2.67. The molecule has 0 bridgehead atoms. The van der Waals surface area contributed by atoms with Gasteiger partial charge in [0.25, 0.3) is 0 Å². The molecule has 3 nitrogen and oxygen atoms in total. The number of rotatable bonds is 2. The van der Waals surface area contributed by atoms with Crippen molar-refractivity contribution in [3.05, 3.63) is 24.0 Å². The first-order chi connectivity index (χ1) is 6.74. The van der Waals surface area contributed by atoms with E-state index in [0.717, 1.165) is 24.3 Å². The molecule has 14 heavy (non-hydrogen) atoms. The SMILES string of the molecule is COc1ccc(C2(N)CCCC2)nc1. The number of methoxy groups -OCH3 is 1. The summed E-state index contributed by atoms with van der Waals surface area (Å²) in [5.41, 5.74) is 7.08. The molecule has 0 radical (unpaired) electrons. The minimum Gasteiger partial charge on any atom is -0.495 e. The van der Waals surface area contributed by atoms with Gasteiger partial charge in [-0.3, -0.25) is 4.98 Å². The Kier molecular flexibility index (Phi) is 2.42. The number of hydrogen-bond donors (Lipinski definition) is 1. The number of ether oxygens (including phenoxy) is 1. The Bertz CT molecular complexity index is 302. The third kappa shape index (κ3) is 1.60.